The van der Waals surface area contributed by atoms with Crippen LogP contribution in [0.3, 0.4) is 0 Å². The van der Waals surface area contributed by atoms with Crippen molar-refractivity contribution in [2.75, 3.05) is 42.9 Å². The molecule has 188 valence electrons. The van der Waals surface area contributed by atoms with Crippen LogP contribution in [0.4, 0.5) is 24.5 Å². The number of anilines is 2. The molecular weight excluding hydrogens is 463 g/mol. The lowest BCUT2D eigenvalue weighted by Crippen LogP contribution is -2.48. The van der Waals surface area contributed by atoms with E-state index in [1.807, 2.05) is 35.2 Å². The standard InChI is InChI=1S/C29H30F3N3O/c1-2-21-11-12-25-26(19-21)33-27(36)28(25,22-7-4-3-5-8-22)13-14-34-15-17-35(18-16-34)24-10-6-9-23(20-24)29(30,31)32/h3-12,19-20H,2,13-18H2,1H3,(H,33,36). The van der Waals surface area contributed by atoms with Crippen LogP contribution in [0.1, 0.15) is 35.6 Å². The first kappa shape index (κ1) is 24.4. The number of nitrogens with zero attached hydrogens (tertiary/aromatic N) is 2. The van der Waals surface area contributed by atoms with Gasteiger partial charge >= 0.3 is 6.18 Å². The summed E-state index contributed by atoms with van der Waals surface area (Å²) in [5.74, 6) is -0.000412. The number of amides is 1. The largest absolute Gasteiger partial charge is 0.416 e. The Hall–Kier alpha value is -3.32. The van der Waals surface area contributed by atoms with Crippen LogP contribution in [0.2, 0.25) is 0 Å². The molecule has 1 saturated heterocycles. The molecule has 0 bridgehead atoms. The van der Waals surface area contributed by atoms with Crippen molar-refractivity contribution in [2.24, 2.45) is 0 Å². The van der Waals surface area contributed by atoms with Crippen LogP contribution in [-0.4, -0.2) is 43.5 Å². The first-order valence-corrected chi connectivity index (χ1v) is 12.5. The molecule has 3 aromatic carbocycles. The average Bonchev–Trinajstić information content (AvgIpc) is 3.18. The van der Waals surface area contributed by atoms with E-state index in [1.165, 1.54) is 17.7 Å². The summed E-state index contributed by atoms with van der Waals surface area (Å²) < 4.78 is 39.4. The molecule has 1 N–H and O–H groups in total. The van der Waals surface area contributed by atoms with Gasteiger partial charge in [0.15, 0.2) is 0 Å². The molecule has 36 heavy (non-hydrogen) atoms. The first-order chi connectivity index (χ1) is 17.3. The van der Waals surface area contributed by atoms with E-state index in [4.69, 9.17) is 0 Å². The van der Waals surface area contributed by atoms with Crippen molar-refractivity contribution in [3.63, 3.8) is 0 Å². The second kappa shape index (κ2) is 9.62. The maximum absolute atomic E-state index is 13.5. The number of rotatable bonds is 6. The summed E-state index contributed by atoms with van der Waals surface area (Å²) in [6.07, 6.45) is -2.82. The van der Waals surface area contributed by atoms with Gasteiger partial charge in [0.05, 0.1) is 5.56 Å². The molecule has 0 radical (unpaired) electrons. The molecule has 0 saturated carbocycles. The van der Waals surface area contributed by atoms with E-state index in [1.54, 1.807) is 6.07 Å². The summed E-state index contributed by atoms with van der Waals surface area (Å²) in [4.78, 5) is 17.9. The van der Waals surface area contributed by atoms with Crippen LogP contribution in [0.25, 0.3) is 0 Å². The smallest absolute Gasteiger partial charge is 0.369 e. The molecule has 1 unspecified atom stereocenters. The van der Waals surface area contributed by atoms with Crippen molar-refractivity contribution in [3.8, 4) is 0 Å². The number of aryl methyl sites for hydroxylation is 1. The van der Waals surface area contributed by atoms with Gasteiger partial charge in [0.1, 0.15) is 5.41 Å². The highest BCUT2D eigenvalue weighted by molar-refractivity contribution is 6.08. The average molecular weight is 494 g/mol. The molecule has 2 aliphatic rings. The van der Waals surface area contributed by atoms with Gasteiger partial charge in [-0.1, -0.05) is 55.5 Å². The minimum atomic E-state index is -4.35. The van der Waals surface area contributed by atoms with E-state index < -0.39 is 17.2 Å². The minimum Gasteiger partial charge on any atom is -0.369 e. The van der Waals surface area contributed by atoms with E-state index in [-0.39, 0.29) is 5.91 Å². The number of carbonyl (C=O) groups excluding carboxylic acids is 1. The lowest BCUT2D eigenvalue weighted by atomic mass is 9.72. The predicted molar refractivity (Wildman–Crippen MR) is 136 cm³/mol. The zero-order valence-corrected chi connectivity index (χ0v) is 20.3. The zero-order chi connectivity index (χ0) is 25.3. The summed E-state index contributed by atoms with van der Waals surface area (Å²) in [5, 5.41) is 3.14. The fraction of sp³-hybridized carbons (Fsp3) is 0.345. The molecule has 1 fully saturated rings. The summed E-state index contributed by atoms with van der Waals surface area (Å²) in [5.41, 5.74) is 3.28. The van der Waals surface area contributed by atoms with Crippen molar-refractivity contribution >= 4 is 17.3 Å². The van der Waals surface area contributed by atoms with Crippen LogP contribution in [-0.2, 0) is 22.8 Å². The predicted octanol–water partition coefficient (Wildman–Crippen LogP) is 5.72. The number of carbonyl (C=O) groups is 1. The highest BCUT2D eigenvalue weighted by atomic mass is 19.4. The van der Waals surface area contributed by atoms with E-state index in [2.05, 4.69) is 35.3 Å². The number of hydrogen-bond donors (Lipinski definition) is 1. The summed E-state index contributed by atoms with van der Waals surface area (Å²) >= 11 is 0. The number of fused-ring (bicyclic) bond motifs is 1. The monoisotopic (exact) mass is 493 g/mol. The SMILES string of the molecule is CCc1ccc2c(c1)NC(=O)C2(CCN1CCN(c2cccc(C(F)(F)F)c2)CC1)c1ccccc1. The molecule has 2 heterocycles. The molecule has 7 heteroatoms. The zero-order valence-electron chi connectivity index (χ0n) is 20.3. The maximum atomic E-state index is 13.5. The molecular formula is C29H30F3N3O. The molecule has 3 aromatic rings. The molecule has 0 aliphatic carbocycles. The van der Waals surface area contributed by atoms with Crippen LogP contribution < -0.4 is 10.2 Å². The van der Waals surface area contributed by atoms with Gasteiger partial charge in [-0.25, -0.2) is 0 Å². The van der Waals surface area contributed by atoms with Crippen molar-refractivity contribution < 1.29 is 18.0 Å². The molecule has 4 nitrogen and oxygen atoms in total. The minimum absolute atomic E-state index is 0.000412. The third-order valence-electron chi connectivity index (χ3n) is 7.57. The van der Waals surface area contributed by atoms with Crippen LogP contribution in [0.15, 0.2) is 72.8 Å². The van der Waals surface area contributed by atoms with E-state index in [0.717, 1.165) is 42.4 Å². The van der Waals surface area contributed by atoms with Gasteiger partial charge < -0.3 is 10.2 Å². The number of hydrogen-bond acceptors (Lipinski definition) is 3. The van der Waals surface area contributed by atoms with Gasteiger partial charge in [0.25, 0.3) is 0 Å². The first-order valence-electron chi connectivity index (χ1n) is 12.5. The van der Waals surface area contributed by atoms with E-state index in [0.29, 0.717) is 31.7 Å². The fourth-order valence-corrected chi connectivity index (χ4v) is 5.47. The van der Waals surface area contributed by atoms with Crippen LogP contribution in [0, 0.1) is 0 Å². The van der Waals surface area contributed by atoms with Crippen molar-refractivity contribution in [2.45, 2.75) is 31.4 Å². The van der Waals surface area contributed by atoms with Gasteiger partial charge in [0, 0.05) is 37.6 Å². The maximum Gasteiger partial charge on any atom is 0.416 e. The van der Waals surface area contributed by atoms with Crippen LogP contribution in [0.5, 0.6) is 0 Å². The Kier molecular flexibility index (Phi) is 6.51. The van der Waals surface area contributed by atoms with E-state index in [9.17, 15) is 18.0 Å². The number of halogens is 3. The van der Waals surface area contributed by atoms with Gasteiger partial charge in [-0.2, -0.15) is 13.2 Å². The summed E-state index contributed by atoms with van der Waals surface area (Å²) in [6, 6.07) is 21.7. The Morgan fingerprint density at radius 2 is 1.67 bits per heavy atom. The van der Waals surface area contributed by atoms with Crippen molar-refractivity contribution in [1.29, 1.82) is 0 Å². The molecule has 1 atom stereocenters. The Morgan fingerprint density at radius 1 is 0.917 bits per heavy atom. The third kappa shape index (κ3) is 4.48. The molecule has 0 aromatic heterocycles. The third-order valence-corrected chi connectivity index (χ3v) is 7.57. The number of nitrogens with one attached hydrogen (secondary N) is 1. The quantitative estimate of drug-likeness (QED) is 0.477. The normalized spacial score (nSPS) is 20.3. The second-order valence-electron chi connectivity index (χ2n) is 9.59. The fourth-order valence-electron chi connectivity index (χ4n) is 5.47. The Morgan fingerprint density at radius 3 is 2.36 bits per heavy atom. The van der Waals surface area contributed by atoms with Gasteiger partial charge in [0.2, 0.25) is 5.91 Å². The molecule has 0 spiro atoms. The Labute approximate surface area is 209 Å². The van der Waals surface area contributed by atoms with Gasteiger partial charge in [-0.15, -0.1) is 0 Å². The van der Waals surface area contributed by atoms with Crippen LogP contribution >= 0.6 is 0 Å². The highest BCUT2D eigenvalue weighted by Gasteiger charge is 2.48. The second-order valence-corrected chi connectivity index (χ2v) is 9.59. The Balaban J connectivity index is 1.33. The van der Waals surface area contributed by atoms with Gasteiger partial charge in [-0.3, -0.25) is 9.69 Å². The highest BCUT2D eigenvalue weighted by Crippen LogP contribution is 2.46. The number of benzene rings is 3. The molecule has 5 rings (SSSR count). The summed E-state index contributed by atoms with van der Waals surface area (Å²) in [7, 11) is 0. The lowest BCUT2D eigenvalue weighted by Gasteiger charge is -2.38. The Bertz CT molecular complexity index is 1240. The number of piperazine rings is 1. The molecule has 1 amide bonds. The topological polar surface area (TPSA) is 35.6 Å². The lowest BCUT2D eigenvalue weighted by molar-refractivity contribution is -0.137. The van der Waals surface area contributed by atoms with Crippen molar-refractivity contribution in [3.05, 3.63) is 95.1 Å². The van der Waals surface area contributed by atoms with Gasteiger partial charge in [-0.05, 0) is 60.3 Å². The summed E-state index contributed by atoms with van der Waals surface area (Å²) in [6.45, 7) is 5.55. The van der Waals surface area contributed by atoms with Crippen molar-refractivity contribution in [1.82, 2.24) is 4.90 Å². The number of alkyl halides is 3. The molecule has 2 aliphatic heterocycles. The van der Waals surface area contributed by atoms with E-state index >= 15 is 0 Å².